The van der Waals surface area contributed by atoms with E-state index in [-0.39, 0.29) is 29.1 Å². The van der Waals surface area contributed by atoms with Crippen molar-refractivity contribution in [2.45, 2.75) is 70.1 Å². The van der Waals surface area contributed by atoms with Crippen molar-refractivity contribution in [3.63, 3.8) is 0 Å². The molecule has 11 nitrogen and oxygen atoms in total. The molecule has 4 N–H and O–H groups in total. The predicted octanol–water partition coefficient (Wildman–Crippen LogP) is 2.39. The largest absolute Gasteiger partial charge is 0.480 e. The zero-order valence-electron chi connectivity index (χ0n) is 20.1. The standard InChI is InChI=1S/C20H34N2O9S4/c1-12(23)21-16(19(26)27)10-33-32-9-15(7-5-6-8-18(25)31-14(3)30-4)35-34-11-17(20(28)29)22-13(2)24/h14-17H,5-11H2,1-4H3,(H,21,23)(H,22,24)(H,26,27)(H,28,29). The van der Waals surface area contributed by atoms with Crippen LogP contribution in [-0.4, -0.2) is 87.9 Å². The third-order valence-electron chi connectivity index (χ3n) is 4.15. The van der Waals surface area contributed by atoms with Crippen LogP contribution in [0.15, 0.2) is 0 Å². The van der Waals surface area contributed by atoms with Crippen LogP contribution < -0.4 is 10.6 Å². The lowest BCUT2D eigenvalue weighted by Gasteiger charge is -2.18. The Hall–Kier alpha value is -1.29. The average molecular weight is 575 g/mol. The van der Waals surface area contributed by atoms with Crippen LogP contribution in [0.2, 0.25) is 0 Å². The van der Waals surface area contributed by atoms with Gasteiger partial charge < -0.3 is 30.3 Å². The van der Waals surface area contributed by atoms with Crippen molar-refractivity contribution in [2.24, 2.45) is 0 Å². The number of carbonyl (C=O) groups excluding carboxylic acids is 3. The molecule has 0 aromatic heterocycles. The zero-order valence-corrected chi connectivity index (χ0v) is 23.4. The lowest BCUT2D eigenvalue weighted by Crippen LogP contribution is -2.41. The van der Waals surface area contributed by atoms with Gasteiger partial charge in [0.1, 0.15) is 12.1 Å². The second-order valence-electron chi connectivity index (χ2n) is 7.29. The molecule has 0 aliphatic heterocycles. The highest BCUT2D eigenvalue weighted by molar-refractivity contribution is 8.78. The van der Waals surface area contributed by atoms with Crippen LogP contribution >= 0.6 is 43.2 Å². The number of hydrogen-bond acceptors (Lipinski definition) is 11. The fourth-order valence-electron chi connectivity index (χ4n) is 2.38. The van der Waals surface area contributed by atoms with Gasteiger partial charge in [0.25, 0.3) is 0 Å². The number of carboxylic acids is 2. The number of unbranched alkanes of at least 4 members (excludes halogenated alkanes) is 1. The van der Waals surface area contributed by atoms with Gasteiger partial charge in [0.05, 0.1) is 0 Å². The third-order valence-corrected chi connectivity index (χ3v) is 9.76. The zero-order chi connectivity index (χ0) is 26.8. The molecule has 0 spiro atoms. The summed E-state index contributed by atoms with van der Waals surface area (Å²) in [5.74, 6) is -2.40. The van der Waals surface area contributed by atoms with E-state index < -0.39 is 42.1 Å². The van der Waals surface area contributed by atoms with E-state index in [2.05, 4.69) is 10.6 Å². The molecule has 4 unspecified atom stereocenters. The molecule has 0 radical (unpaired) electrons. The minimum absolute atomic E-state index is 0.0854. The molecule has 0 saturated carbocycles. The van der Waals surface area contributed by atoms with E-state index in [1.165, 1.54) is 64.1 Å². The first-order valence-corrected chi connectivity index (χ1v) is 15.6. The summed E-state index contributed by atoms with van der Waals surface area (Å²) in [5.41, 5.74) is 0. The Labute approximate surface area is 221 Å². The van der Waals surface area contributed by atoms with Gasteiger partial charge in [-0.25, -0.2) is 9.59 Å². The maximum Gasteiger partial charge on any atom is 0.327 e. The fraction of sp³-hybridized carbons (Fsp3) is 0.750. The number of esters is 1. The predicted molar refractivity (Wildman–Crippen MR) is 140 cm³/mol. The van der Waals surface area contributed by atoms with Gasteiger partial charge in [0.15, 0.2) is 6.29 Å². The number of aliphatic carboxylic acids is 2. The Morgan fingerprint density at radius 3 is 1.83 bits per heavy atom. The molecule has 0 fully saturated rings. The molecule has 0 saturated heterocycles. The SMILES string of the molecule is COC(C)OC(=O)CCCCC(CSSCC(NC(C)=O)C(=O)O)SSCC(NC(C)=O)C(=O)O. The summed E-state index contributed by atoms with van der Waals surface area (Å²) in [6.45, 7) is 4.14. The van der Waals surface area contributed by atoms with E-state index in [0.717, 1.165) is 12.8 Å². The summed E-state index contributed by atoms with van der Waals surface area (Å²) >= 11 is 0. The smallest absolute Gasteiger partial charge is 0.327 e. The third kappa shape index (κ3) is 18.6. The monoisotopic (exact) mass is 574 g/mol. The van der Waals surface area contributed by atoms with Crippen molar-refractivity contribution in [3.8, 4) is 0 Å². The molecule has 2 amide bonds. The first-order chi connectivity index (χ1) is 16.5. The van der Waals surface area contributed by atoms with E-state index in [1.54, 1.807) is 6.92 Å². The molecule has 0 bridgehead atoms. The van der Waals surface area contributed by atoms with Gasteiger partial charge in [0, 0.05) is 49.9 Å². The molecule has 0 rings (SSSR count). The lowest BCUT2D eigenvalue weighted by molar-refractivity contribution is -0.169. The minimum Gasteiger partial charge on any atom is -0.480 e. The number of ether oxygens (including phenoxy) is 2. The van der Waals surface area contributed by atoms with Crippen LogP contribution in [0.4, 0.5) is 0 Å². The molecule has 0 aliphatic carbocycles. The van der Waals surface area contributed by atoms with Crippen molar-refractivity contribution < 1.29 is 43.7 Å². The Bertz CT molecular complexity index is 700. The van der Waals surface area contributed by atoms with Crippen LogP contribution in [0.25, 0.3) is 0 Å². The summed E-state index contributed by atoms with van der Waals surface area (Å²) in [6, 6.07) is -1.99. The van der Waals surface area contributed by atoms with Crippen molar-refractivity contribution in [3.05, 3.63) is 0 Å². The van der Waals surface area contributed by atoms with Crippen molar-refractivity contribution in [1.82, 2.24) is 10.6 Å². The molecular formula is C20H34N2O9S4. The fourth-order valence-corrected chi connectivity index (χ4v) is 8.32. The molecular weight excluding hydrogens is 540 g/mol. The first kappa shape index (κ1) is 33.7. The highest BCUT2D eigenvalue weighted by atomic mass is 33.1. The minimum atomic E-state index is -1.11. The van der Waals surface area contributed by atoms with Gasteiger partial charge in [-0.1, -0.05) is 49.6 Å². The summed E-state index contributed by atoms with van der Waals surface area (Å²) in [6.07, 6.45) is 1.73. The number of nitrogens with one attached hydrogen (secondary N) is 2. The number of carbonyl (C=O) groups is 5. The lowest BCUT2D eigenvalue weighted by atomic mass is 10.1. The van der Waals surface area contributed by atoms with E-state index in [1.807, 2.05) is 0 Å². The topological polar surface area (TPSA) is 168 Å². The molecule has 4 atom stereocenters. The van der Waals surface area contributed by atoms with Crippen LogP contribution in [0.3, 0.4) is 0 Å². The summed E-state index contributed by atoms with van der Waals surface area (Å²) in [4.78, 5) is 56.7. The van der Waals surface area contributed by atoms with Gasteiger partial charge >= 0.3 is 17.9 Å². The number of rotatable bonds is 20. The van der Waals surface area contributed by atoms with Crippen LogP contribution in [0, 0.1) is 0 Å². The average Bonchev–Trinajstić information content (AvgIpc) is 2.76. The Kier molecular flexibility index (Phi) is 19.1. The molecule has 15 heteroatoms. The van der Waals surface area contributed by atoms with Crippen LogP contribution in [0.1, 0.15) is 46.5 Å². The second kappa shape index (κ2) is 19.8. The van der Waals surface area contributed by atoms with Crippen molar-refractivity contribution >= 4 is 72.9 Å². The van der Waals surface area contributed by atoms with Gasteiger partial charge in [-0.2, -0.15) is 0 Å². The number of hydrogen-bond donors (Lipinski definition) is 4. The highest BCUT2D eigenvalue weighted by Gasteiger charge is 2.21. The van der Waals surface area contributed by atoms with E-state index in [9.17, 15) is 34.2 Å². The van der Waals surface area contributed by atoms with Gasteiger partial charge in [0.2, 0.25) is 11.8 Å². The van der Waals surface area contributed by atoms with Gasteiger partial charge in [-0.3, -0.25) is 14.4 Å². The number of methoxy groups -OCH3 is 1. The highest BCUT2D eigenvalue weighted by Crippen LogP contribution is 2.35. The number of carboxylic acid groups (broad SMARTS) is 2. The van der Waals surface area contributed by atoms with Gasteiger partial charge in [-0.15, -0.1) is 0 Å². The maximum absolute atomic E-state index is 11.8. The molecule has 0 aromatic rings. The molecule has 35 heavy (non-hydrogen) atoms. The van der Waals surface area contributed by atoms with Crippen LogP contribution in [-0.2, 0) is 33.4 Å². The maximum atomic E-state index is 11.8. The molecule has 0 heterocycles. The summed E-state index contributed by atoms with van der Waals surface area (Å²) in [5, 5.41) is 23.3. The Morgan fingerprint density at radius 1 is 0.829 bits per heavy atom. The molecule has 0 aliphatic rings. The van der Waals surface area contributed by atoms with E-state index >= 15 is 0 Å². The summed E-state index contributed by atoms with van der Waals surface area (Å²) in [7, 11) is 7.05. The van der Waals surface area contributed by atoms with Crippen molar-refractivity contribution in [1.29, 1.82) is 0 Å². The first-order valence-electron chi connectivity index (χ1n) is 10.7. The normalized spacial score (nSPS) is 14.3. The van der Waals surface area contributed by atoms with E-state index in [0.29, 0.717) is 12.2 Å². The van der Waals surface area contributed by atoms with Crippen LogP contribution in [0.5, 0.6) is 0 Å². The second-order valence-corrected chi connectivity index (χ2v) is 12.6. The molecule has 202 valence electrons. The molecule has 0 aromatic carbocycles. The van der Waals surface area contributed by atoms with Gasteiger partial charge in [-0.05, 0) is 19.8 Å². The summed E-state index contributed by atoms with van der Waals surface area (Å²) < 4.78 is 9.95. The number of amides is 2. The Balaban J connectivity index is 4.70. The quantitative estimate of drug-likeness (QED) is 0.0724. The Morgan fingerprint density at radius 2 is 1.34 bits per heavy atom. The van der Waals surface area contributed by atoms with Crippen molar-refractivity contribution in [2.75, 3.05) is 24.4 Å². The van der Waals surface area contributed by atoms with E-state index in [4.69, 9.17) is 9.47 Å².